The Kier molecular flexibility index (Phi) is 3.36. The van der Waals surface area contributed by atoms with Gasteiger partial charge in [0.2, 0.25) is 0 Å². The molecular formula is C17H14FN3O2. The number of ether oxygens (including phenoxy) is 1. The van der Waals surface area contributed by atoms with E-state index in [-0.39, 0.29) is 17.5 Å². The number of nitrogens with zero attached hydrogens (tertiary/aromatic N) is 3. The Hall–Kier alpha value is -2.65. The number of benzene rings is 1. The molecule has 2 aliphatic rings. The number of morpholine rings is 1. The van der Waals surface area contributed by atoms with Gasteiger partial charge in [-0.25, -0.2) is 9.18 Å². The fourth-order valence-corrected chi connectivity index (χ4v) is 2.99. The minimum Gasteiger partial charge on any atom is -0.377 e. The quantitative estimate of drug-likeness (QED) is 0.681. The first kappa shape index (κ1) is 14.0. The van der Waals surface area contributed by atoms with Crippen LogP contribution in [-0.4, -0.2) is 35.4 Å². The molecule has 0 N–H and O–H groups in total. The lowest BCUT2D eigenvalue weighted by molar-refractivity contribution is 0.0956. The fourth-order valence-electron chi connectivity index (χ4n) is 2.99. The maximum Gasteiger partial charge on any atom is 0.350 e. The number of halogens is 1. The standard InChI is InChI=1S/C17H14FN3O2/c18-13-3-1-2-12(8-13)4-5-14-9-16-20-6-7-23-11-15(20)10-21(16)17(22)19-14/h1-3,8-9,15H,6-7,10-11H2/t15-/m1/s1. The molecular weight excluding hydrogens is 297 g/mol. The molecule has 6 heteroatoms. The summed E-state index contributed by atoms with van der Waals surface area (Å²) in [5.41, 5.74) is 0.648. The van der Waals surface area contributed by atoms with Gasteiger partial charge in [-0.1, -0.05) is 12.0 Å². The number of hydrogen-bond acceptors (Lipinski definition) is 4. The second kappa shape index (κ2) is 5.52. The van der Waals surface area contributed by atoms with Crippen LogP contribution in [0, 0.1) is 17.7 Å². The second-order valence-electron chi connectivity index (χ2n) is 5.58. The van der Waals surface area contributed by atoms with Gasteiger partial charge in [0.25, 0.3) is 0 Å². The summed E-state index contributed by atoms with van der Waals surface area (Å²) in [7, 11) is 0. The second-order valence-corrected chi connectivity index (χ2v) is 5.58. The summed E-state index contributed by atoms with van der Waals surface area (Å²) in [6.07, 6.45) is 0. The maximum atomic E-state index is 13.2. The van der Waals surface area contributed by atoms with E-state index in [2.05, 4.69) is 21.7 Å². The van der Waals surface area contributed by atoms with Crippen molar-refractivity contribution in [2.45, 2.75) is 12.6 Å². The van der Waals surface area contributed by atoms with Gasteiger partial charge < -0.3 is 9.64 Å². The van der Waals surface area contributed by atoms with Crippen molar-refractivity contribution in [3.05, 3.63) is 57.9 Å². The van der Waals surface area contributed by atoms with Crippen molar-refractivity contribution in [1.82, 2.24) is 9.55 Å². The first-order valence-electron chi connectivity index (χ1n) is 7.44. The summed E-state index contributed by atoms with van der Waals surface area (Å²) in [4.78, 5) is 18.4. The molecule has 1 saturated heterocycles. The highest BCUT2D eigenvalue weighted by molar-refractivity contribution is 5.50. The molecule has 4 rings (SSSR count). The third-order valence-corrected chi connectivity index (χ3v) is 4.06. The Bertz CT molecular complexity index is 881. The number of hydrogen-bond donors (Lipinski definition) is 0. The van der Waals surface area contributed by atoms with Gasteiger partial charge in [0.05, 0.1) is 25.8 Å². The summed E-state index contributed by atoms with van der Waals surface area (Å²) in [5.74, 6) is 6.20. The Morgan fingerprint density at radius 2 is 2.22 bits per heavy atom. The number of rotatable bonds is 0. The Morgan fingerprint density at radius 3 is 3.09 bits per heavy atom. The smallest absolute Gasteiger partial charge is 0.350 e. The SMILES string of the molecule is O=c1nc(C#Cc2cccc(F)c2)cc2n1C[C@@H]1COCCN21. The molecule has 116 valence electrons. The lowest BCUT2D eigenvalue weighted by atomic mass is 10.2. The minimum absolute atomic E-state index is 0.185. The van der Waals surface area contributed by atoms with Crippen LogP contribution >= 0.6 is 0 Å². The van der Waals surface area contributed by atoms with Crippen LogP contribution in [0.3, 0.4) is 0 Å². The van der Waals surface area contributed by atoms with Crippen LogP contribution in [0.25, 0.3) is 0 Å². The zero-order valence-corrected chi connectivity index (χ0v) is 12.3. The van der Waals surface area contributed by atoms with Crippen LogP contribution in [0.2, 0.25) is 0 Å². The van der Waals surface area contributed by atoms with Crippen molar-refractivity contribution in [3.8, 4) is 11.8 Å². The Balaban J connectivity index is 1.70. The van der Waals surface area contributed by atoms with Gasteiger partial charge in [-0.2, -0.15) is 4.98 Å². The normalized spacial score (nSPS) is 18.8. The minimum atomic E-state index is -0.338. The summed E-state index contributed by atoms with van der Waals surface area (Å²) in [6, 6.07) is 8.04. The molecule has 5 nitrogen and oxygen atoms in total. The van der Waals surface area contributed by atoms with Crippen molar-refractivity contribution < 1.29 is 9.13 Å². The topological polar surface area (TPSA) is 47.4 Å². The van der Waals surface area contributed by atoms with Crippen molar-refractivity contribution >= 4 is 5.82 Å². The monoisotopic (exact) mass is 311 g/mol. The zero-order chi connectivity index (χ0) is 15.8. The lowest BCUT2D eigenvalue weighted by Crippen LogP contribution is -2.43. The van der Waals surface area contributed by atoms with Gasteiger partial charge in [0.15, 0.2) is 0 Å². The molecule has 0 unspecified atom stereocenters. The van der Waals surface area contributed by atoms with Gasteiger partial charge in [-0.05, 0) is 24.1 Å². The van der Waals surface area contributed by atoms with E-state index in [9.17, 15) is 9.18 Å². The summed E-state index contributed by atoms with van der Waals surface area (Å²) < 4.78 is 20.3. The van der Waals surface area contributed by atoms with Crippen LogP contribution < -0.4 is 10.6 Å². The van der Waals surface area contributed by atoms with E-state index in [4.69, 9.17) is 4.74 Å². The molecule has 0 amide bonds. The molecule has 1 fully saturated rings. The lowest BCUT2D eigenvalue weighted by Gasteiger charge is -2.30. The zero-order valence-electron chi connectivity index (χ0n) is 12.3. The highest BCUT2D eigenvalue weighted by Crippen LogP contribution is 2.26. The number of anilines is 1. The van der Waals surface area contributed by atoms with Gasteiger partial charge in [-0.3, -0.25) is 4.57 Å². The molecule has 0 radical (unpaired) electrons. The molecule has 0 spiro atoms. The molecule has 1 aromatic carbocycles. The summed E-state index contributed by atoms with van der Waals surface area (Å²) in [6.45, 7) is 2.62. The molecule has 0 saturated carbocycles. The van der Waals surface area contributed by atoms with E-state index in [0.29, 0.717) is 31.0 Å². The predicted molar refractivity (Wildman–Crippen MR) is 82.8 cm³/mol. The highest BCUT2D eigenvalue weighted by Gasteiger charge is 2.33. The van der Waals surface area contributed by atoms with E-state index >= 15 is 0 Å². The van der Waals surface area contributed by atoms with Crippen molar-refractivity contribution in [1.29, 1.82) is 0 Å². The van der Waals surface area contributed by atoms with Crippen LogP contribution in [-0.2, 0) is 11.3 Å². The fraction of sp³-hybridized carbons (Fsp3) is 0.294. The summed E-state index contributed by atoms with van der Waals surface area (Å²) in [5, 5.41) is 0. The summed E-state index contributed by atoms with van der Waals surface area (Å²) >= 11 is 0. The first-order valence-corrected chi connectivity index (χ1v) is 7.44. The van der Waals surface area contributed by atoms with Crippen molar-refractivity contribution in [3.63, 3.8) is 0 Å². The molecule has 1 atom stereocenters. The van der Waals surface area contributed by atoms with E-state index in [1.807, 2.05) is 6.07 Å². The van der Waals surface area contributed by atoms with Gasteiger partial charge >= 0.3 is 5.69 Å². The number of aromatic nitrogens is 2. The molecule has 1 aromatic heterocycles. The largest absolute Gasteiger partial charge is 0.377 e. The van der Waals surface area contributed by atoms with Crippen LogP contribution in [0.15, 0.2) is 35.1 Å². The van der Waals surface area contributed by atoms with E-state index in [0.717, 1.165) is 12.4 Å². The third-order valence-electron chi connectivity index (χ3n) is 4.06. The van der Waals surface area contributed by atoms with E-state index in [1.165, 1.54) is 12.1 Å². The predicted octanol–water partition coefficient (Wildman–Crippen LogP) is 1.00. The molecule has 23 heavy (non-hydrogen) atoms. The highest BCUT2D eigenvalue weighted by atomic mass is 19.1. The van der Waals surface area contributed by atoms with Crippen LogP contribution in [0.4, 0.5) is 10.2 Å². The molecule has 2 aromatic rings. The van der Waals surface area contributed by atoms with Crippen LogP contribution in [0.1, 0.15) is 11.3 Å². The van der Waals surface area contributed by atoms with E-state index < -0.39 is 0 Å². The van der Waals surface area contributed by atoms with Gasteiger partial charge in [-0.15, -0.1) is 0 Å². The maximum absolute atomic E-state index is 13.2. The first-order chi connectivity index (χ1) is 11.2. The van der Waals surface area contributed by atoms with Crippen molar-refractivity contribution in [2.75, 3.05) is 24.7 Å². The Morgan fingerprint density at radius 1 is 1.30 bits per heavy atom. The Labute approximate surface area is 132 Å². The molecule has 3 heterocycles. The third kappa shape index (κ3) is 2.60. The molecule has 0 bridgehead atoms. The molecule has 2 aliphatic heterocycles. The average Bonchev–Trinajstić information content (AvgIpc) is 2.93. The van der Waals surface area contributed by atoms with Crippen LogP contribution in [0.5, 0.6) is 0 Å². The van der Waals surface area contributed by atoms with Gasteiger partial charge in [0.1, 0.15) is 17.3 Å². The average molecular weight is 311 g/mol. The van der Waals surface area contributed by atoms with Crippen molar-refractivity contribution in [2.24, 2.45) is 0 Å². The van der Waals surface area contributed by atoms with E-state index in [1.54, 1.807) is 16.7 Å². The molecule has 0 aliphatic carbocycles. The van der Waals surface area contributed by atoms with Gasteiger partial charge in [0, 0.05) is 18.2 Å². The number of fused-ring (bicyclic) bond motifs is 3.